The summed E-state index contributed by atoms with van der Waals surface area (Å²) in [6.07, 6.45) is 1.09. The molecule has 1 heterocycles. The van der Waals surface area contributed by atoms with Crippen LogP contribution in [0.25, 0.3) is 10.6 Å². The van der Waals surface area contributed by atoms with Gasteiger partial charge in [-0.05, 0) is 62.2 Å². The van der Waals surface area contributed by atoms with Crippen LogP contribution in [0.4, 0.5) is 10.8 Å². The number of nitrogens with one attached hydrogen (secondary N) is 1. The zero-order valence-corrected chi connectivity index (χ0v) is 19.5. The summed E-state index contributed by atoms with van der Waals surface area (Å²) < 4.78 is 31.4. The fourth-order valence-electron chi connectivity index (χ4n) is 3.07. The molecule has 1 unspecified atom stereocenters. The fraction of sp³-hybridized carbons (Fsp3) is 0.286. The Labute approximate surface area is 185 Å². The zero-order valence-electron chi connectivity index (χ0n) is 17.9. The van der Waals surface area contributed by atoms with E-state index in [1.165, 1.54) is 11.3 Å². The van der Waals surface area contributed by atoms with E-state index in [4.69, 9.17) is 4.74 Å². The zero-order chi connectivity index (χ0) is 22.8. The number of amides is 1. The number of methoxy groups -OCH3 is 1. The smallest absolute Gasteiger partial charge is 0.249 e. The number of sulfonamides is 1. The van der Waals surface area contributed by atoms with E-state index < -0.39 is 22.0 Å². The molecule has 3 rings (SSSR count). The first-order valence-electron chi connectivity index (χ1n) is 9.45. The Morgan fingerprint density at radius 1 is 1.13 bits per heavy atom. The number of carbonyl (C=O) groups excluding carboxylic acids is 1. The molecule has 0 saturated heterocycles. The number of hydrogen-bond donors (Lipinski definition) is 1. The molecular weight excluding hydrogens is 436 g/mol. The maximum Gasteiger partial charge on any atom is 0.249 e. The van der Waals surface area contributed by atoms with Crippen molar-refractivity contribution in [3.05, 3.63) is 53.6 Å². The Kier molecular flexibility index (Phi) is 6.61. The van der Waals surface area contributed by atoms with E-state index in [1.54, 1.807) is 20.1 Å². The number of aromatic nitrogens is 2. The van der Waals surface area contributed by atoms with E-state index in [1.807, 2.05) is 50.2 Å². The fourth-order valence-corrected chi connectivity index (χ4v) is 5.05. The van der Waals surface area contributed by atoms with E-state index in [0.717, 1.165) is 33.0 Å². The Hall–Kier alpha value is -2.98. The Bertz CT molecular complexity index is 1190. The second-order valence-electron chi connectivity index (χ2n) is 7.15. The Morgan fingerprint density at radius 3 is 2.42 bits per heavy atom. The highest BCUT2D eigenvalue weighted by Crippen LogP contribution is 2.29. The summed E-state index contributed by atoms with van der Waals surface area (Å²) >= 11 is 1.20. The van der Waals surface area contributed by atoms with Crippen LogP contribution in [0.1, 0.15) is 18.1 Å². The summed E-state index contributed by atoms with van der Waals surface area (Å²) in [6, 6.07) is 11.8. The van der Waals surface area contributed by atoms with Crippen molar-refractivity contribution in [1.29, 1.82) is 0 Å². The van der Waals surface area contributed by atoms with Gasteiger partial charge in [0, 0.05) is 5.56 Å². The Morgan fingerprint density at radius 2 is 1.81 bits per heavy atom. The minimum Gasteiger partial charge on any atom is -0.497 e. The quantitative estimate of drug-likeness (QED) is 0.578. The van der Waals surface area contributed by atoms with Crippen molar-refractivity contribution in [3.8, 4) is 16.3 Å². The van der Waals surface area contributed by atoms with Crippen LogP contribution >= 0.6 is 11.3 Å². The van der Waals surface area contributed by atoms with Crippen LogP contribution in [0.2, 0.25) is 0 Å². The minimum absolute atomic E-state index is 0.289. The molecule has 3 aromatic rings. The predicted octanol–water partition coefficient (Wildman–Crippen LogP) is 3.62. The van der Waals surface area contributed by atoms with Crippen LogP contribution in [0.15, 0.2) is 42.5 Å². The summed E-state index contributed by atoms with van der Waals surface area (Å²) in [7, 11) is -2.12. The molecule has 2 aromatic carbocycles. The third-order valence-electron chi connectivity index (χ3n) is 4.68. The molecule has 10 heteroatoms. The van der Waals surface area contributed by atoms with Crippen molar-refractivity contribution >= 4 is 38.1 Å². The highest BCUT2D eigenvalue weighted by Gasteiger charge is 2.30. The third kappa shape index (κ3) is 5.20. The SMILES string of the molecule is COc1ccc(-c2nnc(NC(=O)C(C)N(c3cc(C)ccc3C)S(C)(=O)=O)s2)cc1. The van der Waals surface area contributed by atoms with Crippen molar-refractivity contribution in [2.45, 2.75) is 26.8 Å². The van der Waals surface area contributed by atoms with Crippen molar-refractivity contribution < 1.29 is 17.9 Å². The second-order valence-corrected chi connectivity index (χ2v) is 9.99. The minimum atomic E-state index is -3.71. The summed E-state index contributed by atoms with van der Waals surface area (Å²) in [6.45, 7) is 5.23. The molecule has 0 radical (unpaired) electrons. The molecule has 0 saturated carbocycles. The first-order chi connectivity index (χ1) is 14.6. The summed E-state index contributed by atoms with van der Waals surface area (Å²) in [5, 5.41) is 11.7. The van der Waals surface area contributed by atoms with Crippen LogP contribution < -0.4 is 14.4 Å². The van der Waals surface area contributed by atoms with Gasteiger partial charge in [-0.3, -0.25) is 14.4 Å². The molecule has 1 atom stereocenters. The maximum absolute atomic E-state index is 12.9. The lowest BCUT2D eigenvalue weighted by Gasteiger charge is -2.29. The van der Waals surface area contributed by atoms with Crippen molar-refractivity contribution in [3.63, 3.8) is 0 Å². The largest absolute Gasteiger partial charge is 0.497 e. The van der Waals surface area contributed by atoms with Gasteiger partial charge in [0.1, 0.15) is 16.8 Å². The highest BCUT2D eigenvalue weighted by molar-refractivity contribution is 7.92. The molecule has 0 spiro atoms. The lowest BCUT2D eigenvalue weighted by atomic mass is 10.1. The van der Waals surface area contributed by atoms with Crippen LogP contribution in [0, 0.1) is 13.8 Å². The molecular formula is C21H24N4O4S2. The van der Waals surface area contributed by atoms with E-state index >= 15 is 0 Å². The van der Waals surface area contributed by atoms with Gasteiger partial charge in [-0.15, -0.1) is 10.2 Å². The maximum atomic E-state index is 12.9. The predicted molar refractivity (Wildman–Crippen MR) is 123 cm³/mol. The number of benzene rings is 2. The molecule has 0 bridgehead atoms. The number of anilines is 2. The summed E-state index contributed by atoms with van der Waals surface area (Å²) in [4.78, 5) is 12.9. The third-order valence-corrected chi connectivity index (χ3v) is 6.80. The number of hydrogen-bond acceptors (Lipinski definition) is 7. The van der Waals surface area contributed by atoms with E-state index in [9.17, 15) is 13.2 Å². The van der Waals surface area contributed by atoms with Crippen LogP contribution in [0.5, 0.6) is 5.75 Å². The first kappa shape index (κ1) is 22.7. The van der Waals surface area contributed by atoms with Crippen molar-refractivity contribution in [2.24, 2.45) is 0 Å². The molecule has 1 aromatic heterocycles. The molecule has 8 nitrogen and oxygen atoms in total. The molecule has 0 aliphatic heterocycles. The highest BCUT2D eigenvalue weighted by atomic mass is 32.2. The molecule has 0 aliphatic carbocycles. The van der Waals surface area contributed by atoms with Gasteiger partial charge in [0.25, 0.3) is 0 Å². The van der Waals surface area contributed by atoms with Gasteiger partial charge in [0.15, 0.2) is 0 Å². The lowest BCUT2D eigenvalue weighted by molar-refractivity contribution is -0.116. The lowest BCUT2D eigenvalue weighted by Crippen LogP contribution is -2.45. The standard InChI is InChI=1S/C21H24N4O4S2/c1-13-6-7-14(2)18(12-13)25(31(5,27)28)15(3)19(26)22-21-24-23-20(30-21)16-8-10-17(29-4)11-9-16/h6-12,15H,1-5H3,(H,22,24,26). The number of rotatable bonds is 7. The normalized spacial score (nSPS) is 12.3. The second kappa shape index (κ2) is 9.03. The van der Waals surface area contributed by atoms with Gasteiger partial charge >= 0.3 is 0 Å². The molecule has 1 N–H and O–H groups in total. The number of carbonyl (C=O) groups is 1. The van der Waals surface area contributed by atoms with Gasteiger partial charge in [0.2, 0.25) is 21.1 Å². The van der Waals surface area contributed by atoms with Crippen LogP contribution in [-0.4, -0.2) is 43.9 Å². The van der Waals surface area contributed by atoms with Crippen molar-refractivity contribution in [1.82, 2.24) is 10.2 Å². The molecule has 0 aliphatic rings. The first-order valence-corrected chi connectivity index (χ1v) is 12.1. The average Bonchev–Trinajstić information content (AvgIpc) is 3.18. The average molecular weight is 461 g/mol. The Balaban J connectivity index is 1.83. The number of ether oxygens (including phenoxy) is 1. The van der Waals surface area contributed by atoms with Gasteiger partial charge in [-0.1, -0.05) is 23.5 Å². The monoisotopic (exact) mass is 460 g/mol. The topological polar surface area (TPSA) is 101 Å². The van der Waals surface area contributed by atoms with Crippen molar-refractivity contribution in [2.75, 3.05) is 23.0 Å². The van der Waals surface area contributed by atoms with Crippen LogP contribution in [0.3, 0.4) is 0 Å². The van der Waals surface area contributed by atoms with Crippen LogP contribution in [-0.2, 0) is 14.8 Å². The van der Waals surface area contributed by atoms with Gasteiger partial charge < -0.3 is 4.74 Å². The van der Waals surface area contributed by atoms with E-state index in [2.05, 4.69) is 15.5 Å². The molecule has 0 fully saturated rings. The van der Waals surface area contributed by atoms with E-state index in [0.29, 0.717) is 10.7 Å². The molecule has 31 heavy (non-hydrogen) atoms. The number of nitrogens with zero attached hydrogens (tertiary/aromatic N) is 3. The summed E-state index contributed by atoms with van der Waals surface area (Å²) in [5.74, 6) is 0.228. The van der Waals surface area contributed by atoms with Gasteiger partial charge in [0.05, 0.1) is 19.1 Å². The molecule has 164 valence electrons. The van der Waals surface area contributed by atoms with Gasteiger partial charge in [-0.25, -0.2) is 8.42 Å². The van der Waals surface area contributed by atoms with E-state index in [-0.39, 0.29) is 5.13 Å². The molecule has 1 amide bonds. The number of aryl methyl sites for hydroxylation is 2. The summed E-state index contributed by atoms with van der Waals surface area (Å²) in [5.41, 5.74) is 2.96. The van der Waals surface area contributed by atoms with Gasteiger partial charge in [-0.2, -0.15) is 0 Å².